The molecule has 1 fully saturated rings. The summed E-state index contributed by atoms with van der Waals surface area (Å²) in [6.45, 7) is 5.47. The highest BCUT2D eigenvalue weighted by Crippen LogP contribution is 2.25. The number of carbonyl (C=O) groups excluding carboxylic acids is 1. The first-order valence-corrected chi connectivity index (χ1v) is 6.12. The topological polar surface area (TPSA) is 56.1 Å². The maximum atomic E-state index is 11.8. The summed E-state index contributed by atoms with van der Waals surface area (Å²) >= 11 is 0. The monoisotopic (exact) mass is 243 g/mol. The first-order valence-electron chi connectivity index (χ1n) is 6.12. The predicted octanol–water partition coefficient (Wildman–Crippen LogP) is 1.52. The van der Waals surface area contributed by atoms with Crippen molar-refractivity contribution in [2.45, 2.75) is 26.3 Å². The lowest BCUT2D eigenvalue weighted by Crippen LogP contribution is -2.55. The number of anilines is 1. The highest BCUT2D eigenvalue weighted by molar-refractivity contribution is 5.87. The van der Waals surface area contributed by atoms with Crippen molar-refractivity contribution in [3.63, 3.8) is 0 Å². The molecule has 1 heterocycles. The van der Waals surface area contributed by atoms with Crippen LogP contribution >= 0.6 is 0 Å². The third-order valence-corrected chi connectivity index (χ3v) is 3.28. The summed E-state index contributed by atoms with van der Waals surface area (Å²) in [6, 6.07) is 7.90. The Labute approximate surface area is 107 Å². The summed E-state index contributed by atoms with van der Waals surface area (Å²) in [4.78, 5) is 13.9. The lowest BCUT2D eigenvalue weighted by molar-refractivity contribution is -0.123. The number of amides is 1. The molecule has 94 valence electrons. The van der Waals surface area contributed by atoms with E-state index in [-0.39, 0.29) is 18.4 Å². The SMILES string of the molecule is Cc1ccc(N2CCNC(=O)C2CC#N)c(C)c1. The zero-order valence-corrected chi connectivity index (χ0v) is 10.7. The van der Waals surface area contributed by atoms with Gasteiger partial charge in [0.2, 0.25) is 5.91 Å². The van der Waals surface area contributed by atoms with Crippen molar-refractivity contribution >= 4 is 11.6 Å². The van der Waals surface area contributed by atoms with E-state index < -0.39 is 0 Å². The van der Waals surface area contributed by atoms with Crippen LogP contribution in [0.2, 0.25) is 0 Å². The molecular weight excluding hydrogens is 226 g/mol. The molecule has 1 atom stereocenters. The fourth-order valence-electron chi connectivity index (χ4n) is 2.42. The second-order valence-electron chi connectivity index (χ2n) is 4.65. The minimum absolute atomic E-state index is 0.0530. The van der Waals surface area contributed by atoms with Crippen LogP contribution in [0.5, 0.6) is 0 Å². The molecule has 0 aliphatic carbocycles. The van der Waals surface area contributed by atoms with Crippen LogP contribution in [0.25, 0.3) is 0 Å². The molecule has 1 aliphatic rings. The number of hydrogen-bond acceptors (Lipinski definition) is 3. The van der Waals surface area contributed by atoms with Gasteiger partial charge in [0.1, 0.15) is 6.04 Å². The molecule has 4 heteroatoms. The van der Waals surface area contributed by atoms with E-state index in [1.165, 1.54) is 5.56 Å². The Balaban J connectivity index is 2.34. The first kappa shape index (κ1) is 12.4. The number of nitrogens with zero attached hydrogens (tertiary/aromatic N) is 2. The minimum Gasteiger partial charge on any atom is -0.357 e. The van der Waals surface area contributed by atoms with Gasteiger partial charge in [-0.1, -0.05) is 17.7 Å². The minimum atomic E-state index is -0.370. The van der Waals surface area contributed by atoms with Crippen molar-refractivity contribution in [3.05, 3.63) is 29.3 Å². The van der Waals surface area contributed by atoms with Crippen LogP contribution in [-0.2, 0) is 4.79 Å². The molecule has 1 aliphatic heterocycles. The Hall–Kier alpha value is -2.02. The maximum absolute atomic E-state index is 11.8. The van der Waals surface area contributed by atoms with Gasteiger partial charge in [0.15, 0.2) is 0 Å². The Morgan fingerprint density at radius 2 is 2.28 bits per heavy atom. The third-order valence-electron chi connectivity index (χ3n) is 3.28. The molecule has 2 rings (SSSR count). The summed E-state index contributed by atoms with van der Waals surface area (Å²) in [7, 11) is 0. The maximum Gasteiger partial charge on any atom is 0.243 e. The van der Waals surface area contributed by atoms with E-state index in [2.05, 4.69) is 17.5 Å². The van der Waals surface area contributed by atoms with Crippen molar-refractivity contribution in [1.82, 2.24) is 5.32 Å². The number of nitrogens with one attached hydrogen (secondary N) is 1. The van der Waals surface area contributed by atoms with E-state index in [9.17, 15) is 4.79 Å². The summed E-state index contributed by atoms with van der Waals surface area (Å²) in [6.07, 6.45) is 0.221. The number of piperazine rings is 1. The largest absolute Gasteiger partial charge is 0.357 e. The third kappa shape index (κ3) is 2.30. The van der Waals surface area contributed by atoms with Gasteiger partial charge in [0.05, 0.1) is 12.5 Å². The number of carbonyl (C=O) groups is 1. The van der Waals surface area contributed by atoms with Gasteiger partial charge in [-0.05, 0) is 25.5 Å². The molecule has 1 aromatic carbocycles. The van der Waals surface area contributed by atoms with Gasteiger partial charge in [-0.15, -0.1) is 0 Å². The summed E-state index contributed by atoms with van der Waals surface area (Å²) in [5, 5.41) is 11.7. The summed E-state index contributed by atoms with van der Waals surface area (Å²) < 4.78 is 0. The molecule has 1 saturated heterocycles. The van der Waals surface area contributed by atoms with Crippen LogP contribution in [0.1, 0.15) is 17.5 Å². The molecular formula is C14H17N3O. The second-order valence-corrected chi connectivity index (χ2v) is 4.65. The second kappa shape index (κ2) is 5.09. The number of hydrogen-bond donors (Lipinski definition) is 1. The smallest absolute Gasteiger partial charge is 0.243 e. The van der Waals surface area contributed by atoms with E-state index in [4.69, 9.17) is 5.26 Å². The molecule has 0 radical (unpaired) electrons. The first-order chi connectivity index (χ1) is 8.63. The van der Waals surface area contributed by atoms with Crippen LogP contribution in [0.4, 0.5) is 5.69 Å². The fraction of sp³-hybridized carbons (Fsp3) is 0.429. The Morgan fingerprint density at radius 3 is 2.94 bits per heavy atom. The average molecular weight is 243 g/mol. The molecule has 1 N–H and O–H groups in total. The predicted molar refractivity (Wildman–Crippen MR) is 70.3 cm³/mol. The molecule has 1 aromatic rings. The lowest BCUT2D eigenvalue weighted by atomic mass is 10.0. The van der Waals surface area contributed by atoms with E-state index in [0.29, 0.717) is 6.54 Å². The molecule has 1 amide bonds. The van der Waals surface area contributed by atoms with Crippen molar-refractivity contribution < 1.29 is 4.79 Å². The normalized spacial score (nSPS) is 19.3. The van der Waals surface area contributed by atoms with Gasteiger partial charge in [0, 0.05) is 18.8 Å². The van der Waals surface area contributed by atoms with Crippen LogP contribution in [0.3, 0.4) is 0 Å². The van der Waals surface area contributed by atoms with Crippen molar-refractivity contribution in [2.75, 3.05) is 18.0 Å². The Bertz CT molecular complexity index is 504. The van der Waals surface area contributed by atoms with E-state index in [0.717, 1.165) is 17.8 Å². The van der Waals surface area contributed by atoms with Gasteiger partial charge in [-0.2, -0.15) is 5.26 Å². The molecule has 0 bridgehead atoms. The molecule has 0 aromatic heterocycles. The lowest BCUT2D eigenvalue weighted by Gasteiger charge is -2.36. The van der Waals surface area contributed by atoms with Gasteiger partial charge >= 0.3 is 0 Å². The van der Waals surface area contributed by atoms with Gasteiger partial charge in [0.25, 0.3) is 0 Å². The van der Waals surface area contributed by atoms with Crippen molar-refractivity contribution in [2.24, 2.45) is 0 Å². The number of nitriles is 1. The van der Waals surface area contributed by atoms with Crippen LogP contribution in [-0.4, -0.2) is 25.0 Å². The molecule has 0 spiro atoms. The van der Waals surface area contributed by atoms with Crippen molar-refractivity contribution in [3.8, 4) is 6.07 Å². The van der Waals surface area contributed by atoms with Gasteiger partial charge in [-0.25, -0.2) is 0 Å². The van der Waals surface area contributed by atoms with E-state index >= 15 is 0 Å². The highest BCUT2D eigenvalue weighted by atomic mass is 16.2. The van der Waals surface area contributed by atoms with E-state index in [1.807, 2.05) is 30.9 Å². The highest BCUT2D eigenvalue weighted by Gasteiger charge is 2.30. The molecule has 4 nitrogen and oxygen atoms in total. The zero-order valence-electron chi connectivity index (χ0n) is 10.7. The molecule has 18 heavy (non-hydrogen) atoms. The van der Waals surface area contributed by atoms with E-state index in [1.54, 1.807) is 0 Å². The van der Waals surface area contributed by atoms with Crippen molar-refractivity contribution in [1.29, 1.82) is 5.26 Å². The van der Waals surface area contributed by atoms with Gasteiger partial charge < -0.3 is 10.2 Å². The summed E-state index contributed by atoms with van der Waals surface area (Å²) in [5.41, 5.74) is 3.40. The Kier molecular flexibility index (Phi) is 3.52. The average Bonchev–Trinajstić information content (AvgIpc) is 2.32. The molecule has 1 unspecified atom stereocenters. The van der Waals surface area contributed by atoms with Crippen LogP contribution < -0.4 is 10.2 Å². The zero-order chi connectivity index (χ0) is 13.1. The van der Waals surface area contributed by atoms with Crippen LogP contribution in [0.15, 0.2) is 18.2 Å². The molecule has 0 saturated carbocycles. The number of benzene rings is 1. The fourth-order valence-corrected chi connectivity index (χ4v) is 2.42. The quantitative estimate of drug-likeness (QED) is 0.856. The number of rotatable bonds is 2. The number of aryl methyl sites for hydroxylation is 2. The van der Waals surface area contributed by atoms with Gasteiger partial charge in [-0.3, -0.25) is 4.79 Å². The summed E-state index contributed by atoms with van der Waals surface area (Å²) in [5.74, 6) is -0.0530. The van der Waals surface area contributed by atoms with Crippen LogP contribution in [0, 0.1) is 25.2 Å². The standard InChI is InChI=1S/C14H17N3O/c1-10-3-4-12(11(2)9-10)17-8-7-16-14(18)13(17)5-6-15/h3-4,9,13H,5,7-8H2,1-2H3,(H,16,18). The Morgan fingerprint density at radius 1 is 1.50 bits per heavy atom.